The van der Waals surface area contributed by atoms with E-state index in [-0.39, 0.29) is 11.0 Å². The number of hydrogen-bond acceptors (Lipinski definition) is 3. The standard InChI is InChI=1S/C13H24N2S/c1-8(2)9-10(13(6,7)14)16-11(15-9)12(3,4)5/h8H,14H2,1-7H3. The summed E-state index contributed by atoms with van der Waals surface area (Å²) in [5, 5.41) is 1.18. The fourth-order valence-electron chi connectivity index (χ4n) is 1.51. The Kier molecular flexibility index (Phi) is 3.51. The third-order valence-corrected chi connectivity index (χ3v) is 4.26. The molecule has 92 valence electrons. The maximum atomic E-state index is 6.22. The van der Waals surface area contributed by atoms with E-state index in [1.165, 1.54) is 15.6 Å². The average Bonchev–Trinajstić information content (AvgIpc) is 2.44. The molecule has 0 radical (unpaired) electrons. The lowest BCUT2D eigenvalue weighted by atomic mass is 9.96. The zero-order chi connectivity index (χ0) is 12.7. The predicted octanol–water partition coefficient (Wildman–Crippen LogP) is 3.76. The lowest BCUT2D eigenvalue weighted by Gasteiger charge is -2.19. The Morgan fingerprint density at radius 2 is 1.62 bits per heavy atom. The van der Waals surface area contributed by atoms with Crippen molar-refractivity contribution in [1.82, 2.24) is 4.98 Å². The third kappa shape index (κ3) is 2.83. The van der Waals surface area contributed by atoms with Crippen LogP contribution in [-0.4, -0.2) is 4.98 Å². The van der Waals surface area contributed by atoms with Crippen molar-refractivity contribution < 1.29 is 0 Å². The number of thiazole rings is 1. The van der Waals surface area contributed by atoms with Crippen molar-refractivity contribution >= 4 is 11.3 Å². The molecular formula is C13H24N2S. The minimum Gasteiger partial charge on any atom is -0.321 e. The molecule has 0 amide bonds. The number of nitrogens with two attached hydrogens (primary N) is 1. The Hall–Kier alpha value is -0.410. The van der Waals surface area contributed by atoms with Gasteiger partial charge in [-0.25, -0.2) is 4.98 Å². The van der Waals surface area contributed by atoms with Crippen molar-refractivity contribution in [1.29, 1.82) is 0 Å². The summed E-state index contributed by atoms with van der Waals surface area (Å²) >= 11 is 1.77. The van der Waals surface area contributed by atoms with E-state index in [1.807, 2.05) is 0 Å². The fourth-order valence-corrected chi connectivity index (χ4v) is 2.80. The van der Waals surface area contributed by atoms with E-state index in [0.717, 1.165) is 0 Å². The van der Waals surface area contributed by atoms with Gasteiger partial charge in [0, 0.05) is 15.8 Å². The highest BCUT2D eigenvalue weighted by molar-refractivity contribution is 7.12. The summed E-state index contributed by atoms with van der Waals surface area (Å²) < 4.78 is 0. The number of nitrogens with zero attached hydrogens (tertiary/aromatic N) is 1. The second-order valence-corrected chi connectivity index (χ2v) is 7.36. The quantitative estimate of drug-likeness (QED) is 0.855. The highest BCUT2D eigenvalue weighted by Crippen LogP contribution is 2.37. The Bertz CT molecular complexity index is 364. The first-order chi connectivity index (χ1) is 7.03. The Balaban J connectivity index is 3.32. The summed E-state index contributed by atoms with van der Waals surface area (Å²) in [6, 6.07) is 0. The molecule has 1 rings (SSSR count). The minimum absolute atomic E-state index is 0.109. The van der Waals surface area contributed by atoms with E-state index in [2.05, 4.69) is 48.5 Å². The SMILES string of the molecule is CC(C)c1nc(C(C)(C)C)sc1C(C)(C)N. The molecule has 0 bridgehead atoms. The van der Waals surface area contributed by atoms with Crippen LogP contribution in [0.5, 0.6) is 0 Å². The van der Waals surface area contributed by atoms with Gasteiger partial charge in [-0.3, -0.25) is 0 Å². The molecule has 16 heavy (non-hydrogen) atoms. The Morgan fingerprint density at radius 1 is 1.12 bits per heavy atom. The van der Waals surface area contributed by atoms with Crippen LogP contribution in [0.4, 0.5) is 0 Å². The van der Waals surface area contributed by atoms with E-state index < -0.39 is 0 Å². The van der Waals surface area contributed by atoms with Crippen LogP contribution in [0.3, 0.4) is 0 Å². The smallest absolute Gasteiger partial charge is 0.0985 e. The summed E-state index contributed by atoms with van der Waals surface area (Å²) in [5.74, 6) is 0.435. The molecule has 1 aromatic heterocycles. The van der Waals surface area contributed by atoms with Gasteiger partial charge >= 0.3 is 0 Å². The van der Waals surface area contributed by atoms with Gasteiger partial charge in [-0.1, -0.05) is 34.6 Å². The van der Waals surface area contributed by atoms with Gasteiger partial charge in [0.05, 0.1) is 10.7 Å². The molecule has 0 aliphatic heterocycles. The Morgan fingerprint density at radius 3 is 1.88 bits per heavy atom. The molecule has 0 aliphatic carbocycles. The average molecular weight is 240 g/mol. The van der Waals surface area contributed by atoms with Gasteiger partial charge in [0.15, 0.2) is 0 Å². The molecule has 0 saturated carbocycles. The fraction of sp³-hybridized carbons (Fsp3) is 0.769. The summed E-state index contributed by atoms with van der Waals surface area (Å²) in [6.45, 7) is 15.1. The number of hydrogen-bond donors (Lipinski definition) is 1. The van der Waals surface area contributed by atoms with Crippen LogP contribution in [0, 0.1) is 0 Å². The van der Waals surface area contributed by atoms with Gasteiger partial charge in [0.25, 0.3) is 0 Å². The molecule has 1 aromatic rings. The normalized spacial score (nSPS) is 13.6. The molecule has 0 spiro atoms. The van der Waals surface area contributed by atoms with Crippen LogP contribution in [0.15, 0.2) is 0 Å². The van der Waals surface area contributed by atoms with Gasteiger partial charge in [0.1, 0.15) is 0 Å². The maximum absolute atomic E-state index is 6.22. The number of aromatic nitrogens is 1. The summed E-state index contributed by atoms with van der Waals surface area (Å²) in [7, 11) is 0. The maximum Gasteiger partial charge on any atom is 0.0985 e. The molecule has 0 atom stereocenters. The highest BCUT2D eigenvalue weighted by atomic mass is 32.1. The molecule has 3 heteroatoms. The van der Waals surface area contributed by atoms with Crippen molar-refractivity contribution in [2.24, 2.45) is 5.73 Å². The van der Waals surface area contributed by atoms with Crippen molar-refractivity contribution in [2.75, 3.05) is 0 Å². The zero-order valence-electron chi connectivity index (χ0n) is 11.5. The van der Waals surface area contributed by atoms with Gasteiger partial charge < -0.3 is 5.73 Å². The molecule has 2 nitrogen and oxygen atoms in total. The molecule has 0 fully saturated rings. The minimum atomic E-state index is -0.291. The molecule has 0 aromatic carbocycles. The zero-order valence-corrected chi connectivity index (χ0v) is 12.3. The second-order valence-electron chi connectivity index (χ2n) is 6.36. The molecule has 0 saturated heterocycles. The van der Waals surface area contributed by atoms with Crippen LogP contribution in [-0.2, 0) is 11.0 Å². The van der Waals surface area contributed by atoms with Gasteiger partial charge in [-0.2, -0.15) is 0 Å². The van der Waals surface area contributed by atoms with E-state index in [4.69, 9.17) is 10.7 Å². The summed E-state index contributed by atoms with van der Waals surface area (Å²) in [5.41, 5.74) is 7.21. The van der Waals surface area contributed by atoms with Crippen LogP contribution in [0.1, 0.15) is 70.0 Å². The second kappa shape index (κ2) is 4.11. The predicted molar refractivity (Wildman–Crippen MR) is 72.1 cm³/mol. The first kappa shape index (κ1) is 13.7. The van der Waals surface area contributed by atoms with Crippen LogP contribution < -0.4 is 5.73 Å². The van der Waals surface area contributed by atoms with E-state index in [1.54, 1.807) is 11.3 Å². The van der Waals surface area contributed by atoms with Gasteiger partial charge in [-0.05, 0) is 19.8 Å². The molecule has 0 aliphatic rings. The van der Waals surface area contributed by atoms with Gasteiger partial charge in [0.2, 0.25) is 0 Å². The van der Waals surface area contributed by atoms with Crippen molar-refractivity contribution in [3.05, 3.63) is 15.6 Å². The topological polar surface area (TPSA) is 38.9 Å². The van der Waals surface area contributed by atoms with Gasteiger partial charge in [-0.15, -0.1) is 11.3 Å². The first-order valence-electron chi connectivity index (χ1n) is 5.84. The van der Waals surface area contributed by atoms with Crippen LogP contribution in [0.25, 0.3) is 0 Å². The summed E-state index contributed by atoms with van der Waals surface area (Å²) in [6.07, 6.45) is 0. The monoisotopic (exact) mass is 240 g/mol. The lowest BCUT2D eigenvalue weighted by molar-refractivity contribution is 0.551. The van der Waals surface area contributed by atoms with Crippen molar-refractivity contribution in [2.45, 2.75) is 65.3 Å². The van der Waals surface area contributed by atoms with Crippen molar-refractivity contribution in [3.8, 4) is 0 Å². The van der Waals surface area contributed by atoms with Crippen LogP contribution >= 0.6 is 11.3 Å². The molecule has 0 unspecified atom stereocenters. The van der Waals surface area contributed by atoms with E-state index in [9.17, 15) is 0 Å². The molecule has 1 heterocycles. The van der Waals surface area contributed by atoms with E-state index in [0.29, 0.717) is 5.92 Å². The largest absolute Gasteiger partial charge is 0.321 e. The Labute approximate surface area is 103 Å². The van der Waals surface area contributed by atoms with Crippen LogP contribution in [0.2, 0.25) is 0 Å². The van der Waals surface area contributed by atoms with Crippen molar-refractivity contribution in [3.63, 3.8) is 0 Å². The lowest BCUT2D eigenvalue weighted by Crippen LogP contribution is -2.28. The molecule has 2 N–H and O–H groups in total. The number of rotatable bonds is 2. The highest BCUT2D eigenvalue weighted by Gasteiger charge is 2.28. The third-order valence-electron chi connectivity index (χ3n) is 2.43. The first-order valence-corrected chi connectivity index (χ1v) is 6.65. The molecular weight excluding hydrogens is 216 g/mol. The summed E-state index contributed by atoms with van der Waals surface area (Å²) in [4.78, 5) is 6.02. The van der Waals surface area contributed by atoms with E-state index >= 15 is 0 Å².